The molecule has 108 valence electrons. The normalized spacial score (nSPS) is 28.2. The third-order valence-corrected chi connectivity index (χ3v) is 3.80. The summed E-state index contributed by atoms with van der Waals surface area (Å²) in [7, 11) is 0. The predicted octanol–water partition coefficient (Wildman–Crippen LogP) is 2.56. The number of nitrogens with two attached hydrogens (primary N) is 1. The number of urea groups is 1. The van der Waals surface area contributed by atoms with Crippen molar-refractivity contribution < 1.29 is 4.79 Å². The summed E-state index contributed by atoms with van der Waals surface area (Å²) in [6.45, 7) is 8.22. The topological polar surface area (TPSA) is 67.2 Å². The number of rotatable bonds is 3. The molecule has 4 nitrogen and oxygen atoms in total. The van der Waals surface area contributed by atoms with Crippen LogP contribution in [0.15, 0.2) is 0 Å². The molecule has 5 heteroatoms. The maximum absolute atomic E-state index is 11.8. The Morgan fingerprint density at radius 2 is 1.89 bits per heavy atom. The highest BCUT2D eigenvalue weighted by molar-refractivity contribution is 5.85. The second-order valence-electron chi connectivity index (χ2n) is 6.26. The molecule has 1 rings (SSSR count). The van der Waals surface area contributed by atoms with Crippen molar-refractivity contribution in [3.63, 3.8) is 0 Å². The Hall–Kier alpha value is -0.480. The zero-order chi connectivity index (χ0) is 13.1. The summed E-state index contributed by atoms with van der Waals surface area (Å²) in [6.07, 6.45) is 4.84. The molecule has 2 amide bonds. The van der Waals surface area contributed by atoms with Crippen LogP contribution in [0, 0.1) is 0 Å². The van der Waals surface area contributed by atoms with E-state index in [4.69, 9.17) is 5.73 Å². The third-order valence-electron chi connectivity index (χ3n) is 3.80. The van der Waals surface area contributed by atoms with Gasteiger partial charge in [-0.1, -0.05) is 6.92 Å². The molecule has 0 heterocycles. The van der Waals surface area contributed by atoms with Gasteiger partial charge in [0.05, 0.1) is 0 Å². The lowest BCUT2D eigenvalue weighted by atomic mass is 9.82. The van der Waals surface area contributed by atoms with Crippen molar-refractivity contribution in [1.82, 2.24) is 10.6 Å². The molecule has 0 unspecified atom stereocenters. The lowest BCUT2D eigenvalue weighted by molar-refractivity contribution is 0.213. The molecule has 0 atom stereocenters. The lowest BCUT2D eigenvalue weighted by Crippen LogP contribution is -2.53. The van der Waals surface area contributed by atoms with E-state index >= 15 is 0 Å². The second-order valence-corrected chi connectivity index (χ2v) is 6.26. The highest BCUT2D eigenvalue weighted by Gasteiger charge is 2.28. The van der Waals surface area contributed by atoms with Crippen molar-refractivity contribution in [3.8, 4) is 0 Å². The Bertz CT molecular complexity index is 269. The minimum atomic E-state index is -0.138. The van der Waals surface area contributed by atoms with Crippen molar-refractivity contribution in [2.45, 2.75) is 76.9 Å². The van der Waals surface area contributed by atoms with E-state index in [1.54, 1.807) is 0 Å². The first kappa shape index (κ1) is 17.5. The van der Waals surface area contributed by atoms with Crippen LogP contribution in [0.25, 0.3) is 0 Å². The fourth-order valence-electron chi connectivity index (χ4n) is 2.04. The van der Waals surface area contributed by atoms with Crippen molar-refractivity contribution in [3.05, 3.63) is 0 Å². The highest BCUT2D eigenvalue weighted by Crippen LogP contribution is 2.25. The lowest BCUT2D eigenvalue weighted by Gasteiger charge is -2.35. The van der Waals surface area contributed by atoms with Gasteiger partial charge in [-0.25, -0.2) is 4.79 Å². The van der Waals surface area contributed by atoms with E-state index in [0.29, 0.717) is 0 Å². The van der Waals surface area contributed by atoms with Crippen molar-refractivity contribution in [2.24, 2.45) is 5.73 Å². The Balaban J connectivity index is 0.00000289. The smallest absolute Gasteiger partial charge is 0.315 e. The van der Waals surface area contributed by atoms with Gasteiger partial charge in [0.1, 0.15) is 0 Å². The molecule has 18 heavy (non-hydrogen) atoms. The van der Waals surface area contributed by atoms with Gasteiger partial charge in [0.2, 0.25) is 0 Å². The second kappa shape index (κ2) is 6.62. The van der Waals surface area contributed by atoms with Gasteiger partial charge in [0, 0.05) is 17.1 Å². The Kier molecular flexibility index (Phi) is 6.44. The molecule has 0 radical (unpaired) electrons. The fourth-order valence-corrected chi connectivity index (χ4v) is 2.04. The average molecular weight is 278 g/mol. The number of halogens is 1. The van der Waals surface area contributed by atoms with E-state index in [-0.39, 0.29) is 35.6 Å². The number of carbonyl (C=O) groups excluding carboxylic acids is 1. The van der Waals surface area contributed by atoms with Crippen molar-refractivity contribution in [2.75, 3.05) is 0 Å². The van der Waals surface area contributed by atoms with Crippen molar-refractivity contribution >= 4 is 18.4 Å². The summed E-state index contributed by atoms with van der Waals surface area (Å²) in [6, 6.07) is 0.224. The number of nitrogens with one attached hydrogen (secondary N) is 2. The van der Waals surface area contributed by atoms with Gasteiger partial charge in [-0.2, -0.15) is 0 Å². The molecule has 1 saturated carbocycles. The number of hydrogen-bond acceptors (Lipinski definition) is 2. The van der Waals surface area contributed by atoms with Crippen LogP contribution >= 0.6 is 12.4 Å². The first-order chi connectivity index (χ1) is 7.74. The first-order valence-electron chi connectivity index (χ1n) is 6.62. The highest BCUT2D eigenvalue weighted by atomic mass is 35.5. The molecular formula is C13H28ClN3O. The maximum atomic E-state index is 11.8. The summed E-state index contributed by atoms with van der Waals surface area (Å²) in [5.74, 6) is 0. The zero-order valence-electron chi connectivity index (χ0n) is 12.0. The number of carbonyl (C=O) groups is 1. The molecule has 1 aliphatic rings. The van der Waals surface area contributed by atoms with Crippen LogP contribution in [0.4, 0.5) is 4.79 Å². The molecule has 0 aliphatic heterocycles. The SMILES string of the molecule is CCC(C)(C)NC(=O)NC1CCC(C)(N)CC1.Cl. The van der Waals surface area contributed by atoms with Gasteiger partial charge in [-0.15, -0.1) is 12.4 Å². The Labute approximate surface area is 117 Å². The van der Waals surface area contributed by atoms with E-state index in [1.165, 1.54) is 0 Å². The fraction of sp³-hybridized carbons (Fsp3) is 0.923. The summed E-state index contributed by atoms with van der Waals surface area (Å²) < 4.78 is 0. The molecule has 0 bridgehead atoms. The van der Waals surface area contributed by atoms with Crippen LogP contribution in [0.5, 0.6) is 0 Å². The van der Waals surface area contributed by atoms with Crippen LogP contribution in [0.1, 0.15) is 59.8 Å². The van der Waals surface area contributed by atoms with E-state index < -0.39 is 0 Å². The molecule has 0 saturated heterocycles. The van der Waals surface area contributed by atoms with E-state index in [0.717, 1.165) is 32.1 Å². The molecule has 0 aromatic rings. The monoisotopic (exact) mass is 277 g/mol. The van der Waals surface area contributed by atoms with E-state index in [9.17, 15) is 4.79 Å². The minimum Gasteiger partial charge on any atom is -0.335 e. The molecule has 0 spiro atoms. The summed E-state index contributed by atoms with van der Waals surface area (Å²) >= 11 is 0. The van der Waals surface area contributed by atoms with Crippen LogP contribution in [0.3, 0.4) is 0 Å². The standard InChI is InChI=1S/C13H27N3O.ClH/c1-5-12(2,3)16-11(17)15-10-6-8-13(4,14)9-7-10;/h10H,5-9,14H2,1-4H3,(H2,15,16,17);1H. The molecule has 4 N–H and O–H groups in total. The van der Waals surface area contributed by atoms with Gasteiger partial charge in [0.15, 0.2) is 0 Å². The molecule has 0 aromatic carbocycles. The van der Waals surface area contributed by atoms with Crippen molar-refractivity contribution in [1.29, 1.82) is 0 Å². The van der Waals surface area contributed by atoms with E-state index in [1.807, 2.05) is 13.8 Å². The summed E-state index contributed by atoms with van der Waals surface area (Å²) in [5.41, 5.74) is 5.88. The van der Waals surface area contributed by atoms with Gasteiger partial charge in [-0.3, -0.25) is 0 Å². The van der Waals surface area contributed by atoms with Gasteiger partial charge in [0.25, 0.3) is 0 Å². The average Bonchev–Trinajstić information content (AvgIpc) is 2.20. The number of amides is 2. The molecule has 1 aliphatic carbocycles. The first-order valence-corrected chi connectivity index (χ1v) is 6.62. The number of hydrogen-bond donors (Lipinski definition) is 3. The zero-order valence-corrected chi connectivity index (χ0v) is 12.8. The van der Waals surface area contributed by atoms with Crippen LogP contribution < -0.4 is 16.4 Å². The van der Waals surface area contributed by atoms with Gasteiger partial charge in [-0.05, 0) is 52.9 Å². The van der Waals surface area contributed by atoms with Crippen LogP contribution in [-0.4, -0.2) is 23.2 Å². The molecule has 0 aromatic heterocycles. The van der Waals surface area contributed by atoms with Crippen LogP contribution in [0.2, 0.25) is 0 Å². The summed E-state index contributed by atoms with van der Waals surface area (Å²) in [4.78, 5) is 11.8. The predicted molar refractivity (Wildman–Crippen MR) is 78.1 cm³/mol. The Morgan fingerprint density at radius 3 is 2.33 bits per heavy atom. The Morgan fingerprint density at radius 1 is 1.39 bits per heavy atom. The van der Waals surface area contributed by atoms with Crippen LogP contribution in [-0.2, 0) is 0 Å². The molecule has 1 fully saturated rings. The quantitative estimate of drug-likeness (QED) is 0.742. The van der Waals surface area contributed by atoms with Gasteiger partial charge < -0.3 is 16.4 Å². The van der Waals surface area contributed by atoms with Gasteiger partial charge >= 0.3 is 6.03 Å². The minimum absolute atomic E-state index is 0. The largest absolute Gasteiger partial charge is 0.335 e. The van der Waals surface area contributed by atoms with E-state index in [2.05, 4.69) is 24.5 Å². The maximum Gasteiger partial charge on any atom is 0.315 e. The molecular weight excluding hydrogens is 250 g/mol. The third kappa shape index (κ3) is 5.91. The summed E-state index contributed by atoms with van der Waals surface area (Å²) in [5, 5.41) is 6.03.